The van der Waals surface area contributed by atoms with Crippen LogP contribution in [0.2, 0.25) is 0 Å². The monoisotopic (exact) mass is 315 g/mol. The summed E-state index contributed by atoms with van der Waals surface area (Å²) >= 11 is 0. The molecule has 0 spiro atoms. The van der Waals surface area contributed by atoms with Crippen molar-refractivity contribution >= 4 is 11.7 Å². The zero-order chi connectivity index (χ0) is 16.4. The predicted octanol–water partition coefficient (Wildman–Crippen LogP) is 2.03. The van der Waals surface area contributed by atoms with Gasteiger partial charge in [0, 0.05) is 12.2 Å². The number of nitrogens with zero attached hydrogens (tertiary/aromatic N) is 4. The summed E-state index contributed by atoms with van der Waals surface area (Å²) in [5.74, 6) is 0. The van der Waals surface area contributed by atoms with E-state index in [2.05, 4.69) is 15.5 Å². The number of rotatable bonds is 3. The number of nitrogens with one attached hydrogen (secondary N) is 1. The molecule has 1 atom stereocenters. The van der Waals surface area contributed by atoms with E-state index in [1.54, 1.807) is 31.1 Å². The van der Waals surface area contributed by atoms with Crippen LogP contribution in [-0.2, 0) is 0 Å². The van der Waals surface area contributed by atoms with Crippen LogP contribution in [0.3, 0.4) is 0 Å². The molecule has 1 unspecified atom stereocenters. The van der Waals surface area contributed by atoms with Crippen LogP contribution >= 0.6 is 0 Å². The second kappa shape index (κ2) is 6.00. The summed E-state index contributed by atoms with van der Waals surface area (Å²) in [4.78, 5) is 15.7. The van der Waals surface area contributed by atoms with Crippen LogP contribution in [-0.4, -0.2) is 49.2 Å². The number of carbonyl (C=O) groups excluding carboxylic acids is 1. The number of hydrogen-bond acceptors (Lipinski definition) is 4. The summed E-state index contributed by atoms with van der Waals surface area (Å²) in [5.41, 5.74) is 0.625. The lowest BCUT2D eigenvalue weighted by molar-refractivity contribution is 0.0117. The van der Waals surface area contributed by atoms with Gasteiger partial charge in [-0.2, -0.15) is 15.0 Å². The second-order valence-electron chi connectivity index (χ2n) is 6.30. The van der Waals surface area contributed by atoms with E-state index < -0.39 is 5.60 Å². The molecule has 23 heavy (non-hydrogen) atoms. The number of urea groups is 1. The van der Waals surface area contributed by atoms with Crippen LogP contribution < -0.4 is 5.32 Å². The fraction of sp³-hybridized carbons (Fsp3) is 0.438. The number of aromatic nitrogens is 3. The topological polar surface area (TPSA) is 83.3 Å². The number of aliphatic hydroxyl groups is 1. The molecule has 122 valence electrons. The first-order valence-electron chi connectivity index (χ1n) is 7.72. The zero-order valence-electron chi connectivity index (χ0n) is 13.3. The molecule has 2 aromatic rings. The molecule has 1 saturated heterocycles. The maximum absolute atomic E-state index is 12.5. The molecule has 0 bridgehead atoms. The van der Waals surface area contributed by atoms with Crippen molar-refractivity contribution in [2.75, 3.05) is 11.9 Å². The van der Waals surface area contributed by atoms with E-state index >= 15 is 0 Å². The molecule has 2 heterocycles. The standard InChI is InChI=1S/C16H21N5O2/c1-16(2,23)14-4-3-11-20(14)15(22)19-12-5-7-13(8-6-12)21-17-9-10-18-21/h5-10,14,23H,3-4,11H2,1-2H3,(H,19,22). The van der Waals surface area contributed by atoms with Gasteiger partial charge >= 0.3 is 6.03 Å². The highest BCUT2D eigenvalue weighted by Crippen LogP contribution is 2.27. The van der Waals surface area contributed by atoms with Gasteiger partial charge in [-0.15, -0.1) is 0 Å². The average molecular weight is 315 g/mol. The Morgan fingerprint density at radius 3 is 2.52 bits per heavy atom. The lowest BCUT2D eigenvalue weighted by atomic mass is 9.97. The lowest BCUT2D eigenvalue weighted by Crippen LogP contribution is -2.49. The summed E-state index contributed by atoms with van der Waals surface area (Å²) in [6.07, 6.45) is 4.95. The highest BCUT2D eigenvalue weighted by molar-refractivity contribution is 5.89. The van der Waals surface area contributed by atoms with Gasteiger partial charge in [0.15, 0.2) is 0 Å². The number of benzene rings is 1. The Kier molecular flexibility index (Phi) is 4.04. The van der Waals surface area contributed by atoms with E-state index in [-0.39, 0.29) is 12.1 Å². The molecule has 1 aromatic heterocycles. The van der Waals surface area contributed by atoms with E-state index in [9.17, 15) is 9.90 Å². The van der Waals surface area contributed by atoms with Crippen molar-refractivity contribution in [1.82, 2.24) is 19.9 Å². The smallest absolute Gasteiger partial charge is 0.322 e. The van der Waals surface area contributed by atoms with Crippen LogP contribution in [0.5, 0.6) is 0 Å². The summed E-state index contributed by atoms with van der Waals surface area (Å²) in [7, 11) is 0. The largest absolute Gasteiger partial charge is 0.388 e. The maximum atomic E-state index is 12.5. The van der Waals surface area contributed by atoms with Crippen molar-refractivity contribution in [3.05, 3.63) is 36.7 Å². The Balaban J connectivity index is 1.68. The minimum absolute atomic E-state index is 0.157. The normalized spacial score (nSPS) is 18.2. The number of anilines is 1. The molecule has 1 aliphatic rings. The van der Waals surface area contributed by atoms with Gasteiger partial charge in [-0.3, -0.25) is 0 Å². The van der Waals surface area contributed by atoms with Crippen LogP contribution in [0.1, 0.15) is 26.7 Å². The molecular formula is C16H21N5O2. The van der Waals surface area contributed by atoms with Crippen LogP contribution in [0.25, 0.3) is 5.69 Å². The number of amides is 2. The minimum Gasteiger partial charge on any atom is -0.388 e. The van der Waals surface area contributed by atoms with Crippen molar-refractivity contribution in [1.29, 1.82) is 0 Å². The van der Waals surface area contributed by atoms with E-state index in [0.717, 1.165) is 18.5 Å². The summed E-state index contributed by atoms with van der Waals surface area (Å²) in [6, 6.07) is 6.96. The van der Waals surface area contributed by atoms with E-state index in [1.165, 1.54) is 4.80 Å². The molecule has 1 aliphatic heterocycles. The first kappa shape index (κ1) is 15.5. The minimum atomic E-state index is -0.899. The van der Waals surface area contributed by atoms with Crippen molar-refractivity contribution < 1.29 is 9.90 Å². The molecule has 7 nitrogen and oxygen atoms in total. The molecule has 3 rings (SSSR count). The van der Waals surface area contributed by atoms with Gasteiger partial charge in [0.2, 0.25) is 0 Å². The highest BCUT2D eigenvalue weighted by atomic mass is 16.3. The second-order valence-corrected chi connectivity index (χ2v) is 6.30. The van der Waals surface area contributed by atoms with Gasteiger partial charge in [-0.25, -0.2) is 4.79 Å². The zero-order valence-corrected chi connectivity index (χ0v) is 13.3. The van der Waals surface area contributed by atoms with Gasteiger partial charge in [0.05, 0.1) is 29.7 Å². The Bertz CT molecular complexity index is 661. The molecule has 1 aromatic carbocycles. The van der Waals surface area contributed by atoms with Crippen molar-refractivity contribution in [3.63, 3.8) is 0 Å². The number of hydrogen-bond donors (Lipinski definition) is 2. The Morgan fingerprint density at radius 2 is 1.91 bits per heavy atom. The van der Waals surface area contributed by atoms with Crippen molar-refractivity contribution in [2.45, 2.75) is 38.3 Å². The third-order valence-corrected chi connectivity index (χ3v) is 4.10. The highest BCUT2D eigenvalue weighted by Gasteiger charge is 2.38. The predicted molar refractivity (Wildman–Crippen MR) is 86.4 cm³/mol. The summed E-state index contributed by atoms with van der Waals surface area (Å²) in [5, 5.41) is 21.2. The van der Waals surface area contributed by atoms with Crippen LogP contribution in [0, 0.1) is 0 Å². The van der Waals surface area contributed by atoms with Gasteiger partial charge in [0.1, 0.15) is 0 Å². The Labute approximate surface area is 134 Å². The fourth-order valence-corrected chi connectivity index (χ4v) is 2.97. The molecule has 2 N–H and O–H groups in total. The van der Waals surface area contributed by atoms with E-state index in [1.807, 2.05) is 24.3 Å². The van der Waals surface area contributed by atoms with Crippen molar-refractivity contribution in [3.8, 4) is 5.69 Å². The Morgan fingerprint density at radius 1 is 1.26 bits per heavy atom. The van der Waals surface area contributed by atoms with E-state index in [0.29, 0.717) is 12.2 Å². The first-order chi connectivity index (χ1) is 10.9. The number of carbonyl (C=O) groups is 1. The van der Waals surface area contributed by atoms with Gasteiger partial charge < -0.3 is 15.3 Å². The van der Waals surface area contributed by atoms with Gasteiger partial charge in [-0.1, -0.05) is 0 Å². The molecular weight excluding hydrogens is 294 g/mol. The first-order valence-corrected chi connectivity index (χ1v) is 7.72. The van der Waals surface area contributed by atoms with E-state index in [4.69, 9.17) is 0 Å². The maximum Gasteiger partial charge on any atom is 0.322 e. The molecule has 7 heteroatoms. The molecule has 0 saturated carbocycles. The summed E-state index contributed by atoms with van der Waals surface area (Å²) in [6.45, 7) is 4.15. The van der Waals surface area contributed by atoms with Crippen LogP contribution in [0.4, 0.5) is 10.5 Å². The fourth-order valence-electron chi connectivity index (χ4n) is 2.97. The molecule has 2 amide bonds. The van der Waals surface area contributed by atoms with Gasteiger partial charge in [-0.05, 0) is 51.0 Å². The molecule has 0 radical (unpaired) electrons. The third-order valence-electron chi connectivity index (χ3n) is 4.10. The number of likely N-dealkylation sites (tertiary alicyclic amines) is 1. The third kappa shape index (κ3) is 3.34. The quantitative estimate of drug-likeness (QED) is 0.908. The van der Waals surface area contributed by atoms with Crippen molar-refractivity contribution in [2.24, 2.45) is 0 Å². The molecule has 0 aliphatic carbocycles. The average Bonchev–Trinajstić information content (AvgIpc) is 3.19. The SMILES string of the molecule is CC(C)(O)C1CCCN1C(=O)Nc1ccc(-n2nccn2)cc1. The lowest BCUT2D eigenvalue weighted by Gasteiger charge is -2.33. The summed E-state index contributed by atoms with van der Waals surface area (Å²) < 4.78 is 0. The molecule has 1 fully saturated rings. The van der Waals surface area contributed by atoms with Gasteiger partial charge in [0.25, 0.3) is 0 Å². The van der Waals surface area contributed by atoms with Crippen LogP contribution in [0.15, 0.2) is 36.7 Å². The Hall–Kier alpha value is -2.41.